The van der Waals surface area contributed by atoms with E-state index in [1.165, 1.54) is 32.1 Å². The van der Waals surface area contributed by atoms with Crippen LogP contribution in [0.1, 0.15) is 97.3 Å². The maximum atomic E-state index is 12.8. The van der Waals surface area contributed by atoms with E-state index in [1.54, 1.807) is 0 Å². The number of ether oxygens (including phenoxy) is 3. The summed E-state index contributed by atoms with van der Waals surface area (Å²) in [7, 11) is 0. The predicted octanol–water partition coefficient (Wildman–Crippen LogP) is 5.28. The van der Waals surface area contributed by atoms with Crippen molar-refractivity contribution in [1.82, 2.24) is 0 Å². The molecule has 2 atom stereocenters. The number of carbonyl (C=O) groups excluding carboxylic acids is 3. The second kappa shape index (κ2) is 15.0. The van der Waals surface area contributed by atoms with Gasteiger partial charge in [0.2, 0.25) is 5.60 Å². The van der Waals surface area contributed by atoms with Gasteiger partial charge in [0.05, 0.1) is 13.2 Å². The molecule has 30 heavy (non-hydrogen) atoms. The SMILES string of the molecule is C=CC(=O)OC1(C(=O)OCCC)CCCCC1C(=O)OCCCCCCCCCC. The van der Waals surface area contributed by atoms with Crippen molar-refractivity contribution in [2.45, 2.75) is 103 Å². The summed E-state index contributed by atoms with van der Waals surface area (Å²) >= 11 is 0. The maximum Gasteiger partial charge on any atom is 0.351 e. The van der Waals surface area contributed by atoms with Crippen LogP contribution in [-0.2, 0) is 28.6 Å². The van der Waals surface area contributed by atoms with E-state index < -0.39 is 29.4 Å². The molecule has 172 valence electrons. The Morgan fingerprint density at radius 1 is 0.900 bits per heavy atom. The average Bonchev–Trinajstić information content (AvgIpc) is 2.76. The van der Waals surface area contributed by atoms with Crippen LogP contribution >= 0.6 is 0 Å². The van der Waals surface area contributed by atoms with Crippen LogP contribution in [0.25, 0.3) is 0 Å². The Morgan fingerprint density at radius 2 is 1.57 bits per heavy atom. The summed E-state index contributed by atoms with van der Waals surface area (Å²) in [5.74, 6) is -2.71. The van der Waals surface area contributed by atoms with Gasteiger partial charge < -0.3 is 14.2 Å². The normalized spacial score (nSPS) is 20.9. The van der Waals surface area contributed by atoms with Gasteiger partial charge in [-0.2, -0.15) is 0 Å². The van der Waals surface area contributed by atoms with Crippen molar-refractivity contribution in [3.8, 4) is 0 Å². The molecule has 0 aromatic rings. The molecule has 0 aromatic heterocycles. The quantitative estimate of drug-likeness (QED) is 0.154. The number of carbonyl (C=O) groups is 3. The molecule has 1 aliphatic rings. The van der Waals surface area contributed by atoms with E-state index in [1.807, 2.05) is 6.92 Å². The lowest BCUT2D eigenvalue weighted by molar-refractivity contribution is -0.198. The minimum absolute atomic E-state index is 0.215. The maximum absolute atomic E-state index is 12.8. The lowest BCUT2D eigenvalue weighted by Gasteiger charge is -2.39. The third-order valence-corrected chi connectivity index (χ3v) is 5.61. The number of hydrogen-bond acceptors (Lipinski definition) is 6. The molecule has 0 aliphatic heterocycles. The van der Waals surface area contributed by atoms with Crippen molar-refractivity contribution >= 4 is 17.9 Å². The lowest BCUT2D eigenvalue weighted by Crippen LogP contribution is -2.55. The van der Waals surface area contributed by atoms with Crippen molar-refractivity contribution in [3.05, 3.63) is 12.7 Å². The second-order valence-corrected chi connectivity index (χ2v) is 8.09. The molecule has 1 aliphatic carbocycles. The zero-order valence-electron chi connectivity index (χ0n) is 18.9. The minimum Gasteiger partial charge on any atom is -0.465 e. The second-order valence-electron chi connectivity index (χ2n) is 8.09. The highest BCUT2D eigenvalue weighted by Crippen LogP contribution is 2.39. The largest absolute Gasteiger partial charge is 0.465 e. The van der Waals surface area contributed by atoms with Crippen LogP contribution < -0.4 is 0 Å². The standard InChI is InChI=1S/C24H40O6/c1-4-7-8-9-10-11-12-15-19-28-22(26)20-16-13-14-17-24(20,30-21(25)6-3)23(27)29-18-5-2/h6,20H,3-5,7-19H2,1-2H3. The molecule has 0 amide bonds. The van der Waals surface area contributed by atoms with Gasteiger partial charge in [-0.25, -0.2) is 9.59 Å². The van der Waals surface area contributed by atoms with E-state index in [0.717, 1.165) is 31.8 Å². The number of esters is 3. The summed E-state index contributed by atoms with van der Waals surface area (Å²) < 4.78 is 16.3. The van der Waals surface area contributed by atoms with Gasteiger partial charge >= 0.3 is 17.9 Å². The fourth-order valence-corrected chi connectivity index (χ4v) is 3.91. The first-order valence-electron chi connectivity index (χ1n) is 11.7. The molecule has 6 heteroatoms. The van der Waals surface area contributed by atoms with Crippen LogP contribution in [0.4, 0.5) is 0 Å². The van der Waals surface area contributed by atoms with Crippen molar-refractivity contribution in [2.24, 2.45) is 5.92 Å². The van der Waals surface area contributed by atoms with E-state index in [9.17, 15) is 14.4 Å². The Bertz CT molecular complexity index is 544. The van der Waals surface area contributed by atoms with Crippen molar-refractivity contribution < 1.29 is 28.6 Å². The number of rotatable bonds is 15. The summed E-state index contributed by atoms with van der Waals surface area (Å²) in [6, 6.07) is 0. The van der Waals surface area contributed by atoms with Crippen LogP contribution in [0.15, 0.2) is 12.7 Å². The van der Waals surface area contributed by atoms with E-state index in [-0.39, 0.29) is 13.0 Å². The summed E-state index contributed by atoms with van der Waals surface area (Å²) in [6.07, 6.45) is 13.0. The van der Waals surface area contributed by atoms with Gasteiger partial charge in [0.25, 0.3) is 0 Å². The molecule has 0 aromatic carbocycles. The van der Waals surface area contributed by atoms with Gasteiger partial charge in [0, 0.05) is 6.08 Å². The molecular formula is C24H40O6. The Balaban J connectivity index is 2.62. The average molecular weight is 425 g/mol. The fraction of sp³-hybridized carbons (Fsp3) is 0.792. The summed E-state index contributed by atoms with van der Waals surface area (Å²) in [5.41, 5.74) is -1.62. The molecule has 1 fully saturated rings. The first-order valence-corrected chi connectivity index (χ1v) is 11.7. The molecule has 1 rings (SSSR count). The van der Waals surface area contributed by atoms with Gasteiger partial charge in [-0.05, 0) is 32.1 Å². The third-order valence-electron chi connectivity index (χ3n) is 5.61. The van der Waals surface area contributed by atoms with Crippen LogP contribution in [0, 0.1) is 5.92 Å². The molecule has 0 spiro atoms. The monoisotopic (exact) mass is 424 g/mol. The Kier molecular flexibility index (Phi) is 13.1. The van der Waals surface area contributed by atoms with Crippen LogP contribution in [0.5, 0.6) is 0 Å². The van der Waals surface area contributed by atoms with Crippen LogP contribution in [-0.4, -0.2) is 36.7 Å². The molecule has 6 nitrogen and oxygen atoms in total. The summed E-state index contributed by atoms with van der Waals surface area (Å²) in [4.78, 5) is 37.6. The fourth-order valence-electron chi connectivity index (χ4n) is 3.91. The highest BCUT2D eigenvalue weighted by molar-refractivity contribution is 5.92. The molecule has 0 saturated heterocycles. The minimum atomic E-state index is -1.62. The number of unbranched alkanes of at least 4 members (excludes halogenated alkanes) is 7. The lowest BCUT2D eigenvalue weighted by atomic mass is 9.75. The molecule has 0 N–H and O–H groups in total. The van der Waals surface area contributed by atoms with Crippen molar-refractivity contribution in [3.63, 3.8) is 0 Å². The highest BCUT2D eigenvalue weighted by Gasteiger charge is 2.55. The third kappa shape index (κ3) is 8.49. The Labute approximate surface area is 181 Å². The van der Waals surface area contributed by atoms with Crippen molar-refractivity contribution in [1.29, 1.82) is 0 Å². The molecule has 1 saturated carbocycles. The summed E-state index contributed by atoms with van der Waals surface area (Å²) in [6.45, 7) is 8.03. The van der Waals surface area contributed by atoms with Crippen molar-refractivity contribution in [2.75, 3.05) is 13.2 Å². The van der Waals surface area contributed by atoms with E-state index in [2.05, 4.69) is 13.5 Å². The molecular weight excluding hydrogens is 384 g/mol. The van der Waals surface area contributed by atoms with Gasteiger partial charge in [0.1, 0.15) is 5.92 Å². The van der Waals surface area contributed by atoms with E-state index >= 15 is 0 Å². The molecule has 0 heterocycles. The first-order chi connectivity index (χ1) is 14.5. The molecule has 2 unspecified atom stereocenters. The Hall–Kier alpha value is -1.85. The van der Waals surface area contributed by atoms with E-state index in [4.69, 9.17) is 14.2 Å². The molecule has 0 radical (unpaired) electrons. The molecule has 0 bridgehead atoms. The van der Waals surface area contributed by atoms with Gasteiger partial charge in [-0.15, -0.1) is 0 Å². The zero-order chi connectivity index (χ0) is 22.2. The zero-order valence-corrected chi connectivity index (χ0v) is 18.9. The van der Waals surface area contributed by atoms with Gasteiger partial charge in [-0.3, -0.25) is 4.79 Å². The number of hydrogen-bond donors (Lipinski definition) is 0. The van der Waals surface area contributed by atoms with Crippen LogP contribution in [0.2, 0.25) is 0 Å². The van der Waals surface area contributed by atoms with E-state index in [0.29, 0.717) is 25.9 Å². The van der Waals surface area contributed by atoms with Gasteiger partial charge in [-0.1, -0.05) is 71.8 Å². The Morgan fingerprint density at radius 3 is 2.20 bits per heavy atom. The van der Waals surface area contributed by atoms with Crippen LogP contribution in [0.3, 0.4) is 0 Å². The van der Waals surface area contributed by atoms with Gasteiger partial charge in [0.15, 0.2) is 0 Å². The first kappa shape index (κ1) is 26.2. The highest BCUT2D eigenvalue weighted by atomic mass is 16.6. The summed E-state index contributed by atoms with van der Waals surface area (Å²) in [5, 5.41) is 0. The smallest absolute Gasteiger partial charge is 0.351 e. The predicted molar refractivity (Wildman–Crippen MR) is 116 cm³/mol. The topological polar surface area (TPSA) is 78.9 Å².